The van der Waals surface area contributed by atoms with E-state index in [1.807, 2.05) is 0 Å². The highest BCUT2D eigenvalue weighted by molar-refractivity contribution is 7.89. The number of nitrogens with one attached hydrogen (secondary N) is 1. The summed E-state index contributed by atoms with van der Waals surface area (Å²) in [6.45, 7) is 0.375. The largest absolute Gasteiger partial charge is 0.463 e. The number of rotatable bonds is 5. The normalized spacial score (nSPS) is 23.2. The van der Waals surface area contributed by atoms with E-state index in [1.54, 1.807) is 0 Å². The Bertz CT molecular complexity index is 558. The van der Waals surface area contributed by atoms with E-state index in [0.29, 0.717) is 24.3 Å². The molecule has 1 saturated carbocycles. The smallest absolute Gasteiger partial charge is 0.293 e. The number of hydrogen-bond acceptors (Lipinski definition) is 4. The van der Waals surface area contributed by atoms with Crippen LogP contribution in [0.2, 0.25) is 5.02 Å². The van der Waals surface area contributed by atoms with Gasteiger partial charge in [-0.1, -0.05) is 18.0 Å². The molecule has 0 bridgehead atoms. The van der Waals surface area contributed by atoms with Crippen LogP contribution >= 0.6 is 11.6 Å². The summed E-state index contributed by atoms with van der Waals surface area (Å²) < 4.78 is 32.1. The molecule has 7 heteroatoms. The first-order valence-corrected chi connectivity index (χ1v) is 8.26. The maximum Gasteiger partial charge on any atom is 0.293 e. The molecular weight excluding hydrogens is 302 g/mol. The van der Waals surface area contributed by atoms with Gasteiger partial charge in [-0.2, -0.15) is 0 Å². The Balaban J connectivity index is 2.13. The fraction of sp³-hybridized carbons (Fsp3) is 0.462. The van der Waals surface area contributed by atoms with Crippen LogP contribution in [-0.4, -0.2) is 27.0 Å². The third-order valence-corrected chi connectivity index (χ3v) is 5.12. The van der Waals surface area contributed by atoms with Crippen LogP contribution in [0.1, 0.15) is 25.7 Å². The van der Waals surface area contributed by atoms with Gasteiger partial charge in [0.05, 0.1) is 10.9 Å². The second-order valence-corrected chi connectivity index (χ2v) is 6.89. The Morgan fingerprint density at radius 3 is 2.50 bits per heavy atom. The fourth-order valence-electron chi connectivity index (χ4n) is 2.35. The van der Waals surface area contributed by atoms with E-state index in [-0.39, 0.29) is 10.9 Å². The van der Waals surface area contributed by atoms with Gasteiger partial charge in [-0.25, -0.2) is 13.1 Å². The van der Waals surface area contributed by atoms with E-state index in [2.05, 4.69) is 4.72 Å². The molecule has 20 heavy (non-hydrogen) atoms. The van der Waals surface area contributed by atoms with Crippen LogP contribution in [0.3, 0.4) is 0 Å². The van der Waals surface area contributed by atoms with Gasteiger partial charge in [0.1, 0.15) is 6.10 Å². The van der Waals surface area contributed by atoms with E-state index < -0.39 is 16.1 Å². The van der Waals surface area contributed by atoms with Crippen molar-refractivity contribution in [3.05, 3.63) is 29.3 Å². The van der Waals surface area contributed by atoms with Crippen molar-refractivity contribution in [2.75, 3.05) is 0 Å². The van der Waals surface area contributed by atoms with Gasteiger partial charge in [0.2, 0.25) is 10.0 Å². The lowest BCUT2D eigenvalue weighted by atomic mass is 9.93. The summed E-state index contributed by atoms with van der Waals surface area (Å²) in [6.07, 6.45) is 2.77. The predicted molar refractivity (Wildman–Crippen MR) is 75.0 cm³/mol. The monoisotopic (exact) mass is 317 g/mol. The van der Waals surface area contributed by atoms with Crippen molar-refractivity contribution in [3.63, 3.8) is 0 Å². The predicted octanol–water partition coefficient (Wildman–Crippen LogP) is 2.10. The van der Waals surface area contributed by atoms with Crippen LogP contribution in [0.15, 0.2) is 29.2 Å². The van der Waals surface area contributed by atoms with Gasteiger partial charge < -0.3 is 4.74 Å². The first kappa shape index (κ1) is 15.3. The van der Waals surface area contributed by atoms with Crippen molar-refractivity contribution in [1.29, 1.82) is 0 Å². The van der Waals surface area contributed by atoms with Gasteiger partial charge in [0.25, 0.3) is 6.47 Å². The lowest BCUT2D eigenvalue weighted by molar-refractivity contribution is -0.136. The molecule has 2 rings (SSSR count). The first-order chi connectivity index (χ1) is 9.53. The molecule has 0 aromatic heterocycles. The zero-order chi connectivity index (χ0) is 14.6. The van der Waals surface area contributed by atoms with Crippen molar-refractivity contribution in [2.45, 2.75) is 42.7 Å². The van der Waals surface area contributed by atoms with E-state index in [1.165, 1.54) is 24.3 Å². The van der Waals surface area contributed by atoms with E-state index in [0.717, 1.165) is 12.8 Å². The molecule has 2 atom stereocenters. The second-order valence-electron chi connectivity index (χ2n) is 4.74. The molecule has 1 fully saturated rings. The highest BCUT2D eigenvalue weighted by Gasteiger charge is 2.30. The Morgan fingerprint density at radius 2 is 1.85 bits per heavy atom. The Hall–Kier alpha value is -1.11. The van der Waals surface area contributed by atoms with Crippen molar-refractivity contribution in [2.24, 2.45) is 0 Å². The van der Waals surface area contributed by atoms with Crippen LogP contribution < -0.4 is 4.72 Å². The zero-order valence-corrected chi connectivity index (χ0v) is 12.4. The molecule has 1 aliphatic carbocycles. The van der Waals surface area contributed by atoms with Gasteiger partial charge in [-0.05, 0) is 43.5 Å². The van der Waals surface area contributed by atoms with Gasteiger partial charge in [-0.3, -0.25) is 4.79 Å². The number of sulfonamides is 1. The van der Waals surface area contributed by atoms with Gasteiger partial charge in [0.15, 0.2) is 0 Å². The molecule has 1 aliphatic rings. The number of carbonyl (C=O) groups is 1. The van der Waals surface area contributed by atoms with Crippen LogP contribution in [-0.2, 0) is 19.6 Å². The minimum Gasteiger partial charge on any atom is -0.463 e. The van der Waals surface area contributed by atoms with Gasteiger partial charge >= 0.3 is 0 Å². The highest BCUT2D eigenvalue weighted by atomic mass is 35.5. The van der Waals surface area contributed by atoms with Crippen LogP contribution in [0.5, 0.6) is 0 Å². The molecule has 1 N–H and O–H groups in total. The van der Waals surface area contributed by atoms with E-state index >= 15 is 0 Å². The molecule has 0 amide bonds. The summed E-state index contributed by atoms with van der Waals surface area (Å²) in [4.78, 5) is 10.6. The molecule has 1 aromatic rings. The molecule has 0 heterocycles. The van der Waals surface area contributed by atoms with Gasteiger partial charge in [0, 0.05) is 5.02 Å². The van der Waals surface area contributed by atoms with E-state index in [4.69, 9.17) is 16.3 Å². The number of benzene rings is 1. The van der Waals surface area contributed by atoms with Crippen LogP contribution in [0.25, 0.3) is 0 Å². The average molecular weight is 318 g/mol. The molecule has 1 aromatic carbocycles. The maximum atomic E-state index is 12.3. The topological polar surface area (TPSA) is 72.5 Å². The zero-order valence-electron chi connectivity index (χ0n) is 10.8. The minimum atomic E-state index is -3.63. The fourth-order valence-corrected chi connectivity index (χ4v) is 3.77. The highest BCUT2D eigenvalue weighted by Crippen LogP contribution is 2.23. The Kier molecular flexibility index (Phi) is 5.01. The molecular formula is C13H16ClNO4S. The Morgan fingerprint density at radius 1 is 1.20 bits per heavy atom. The van der Waals surface area contributed by atoms with E-state index in [9.17, 15) is 13.2 Å². The number of ether oxygens (including phenoxy) is 1. The summed E-state index contributed by atoms with van der Waals surface area (Å²) in [5.74, 6) is 0. The summed E-state index contributed by atoms with van der Waals surface area (Å²) >= 11 is 5.74. The van der Waals surface area contributed by atoms with Gasteiger partial charge in [-0.15, -0.1) is 0 Å². The number of carbonyl (C=O) groups excluding carboxylic acids is 1. The van der Waals surface area contributed by atoms with Crippen molar-refractivity contribution in [3.8, 4) is 0 Å². The SMILES string of the molecule is O=CO[C@@H]1CCCC[C@H]1NS(=O)(=O)c1ccc(Cl)cc1. The second kappa shape index (κ2) is 6.56. The van der Waals surface area contributed by atoms with Crippen LogP contribution in [0, 0.1) is 0 Å². The molecule has 0 aliphatic heterocycles. The average Bonchev–Trinajstić information content (AvgIpc) is 2.41. The van der Waals surface area contributed by atoms with Crippen molar-refractivity contribution < 1.29 is 17.9 Å². The first-order valence-electron chi connectivity index (χ1n) is 6.40. The van der Waals surface area contributed by atoms with Crippen molar-refractivity contribution in [1.82, 2.24) is 4.72 Å². The number of hydrogen-bond donors (Lipinski definition) is 1. The summed E-state index contributed by atoms with van der Waals surface area (Å²) in [5.41, 5.74) is 0. The lowest BCUT2D eigenvalue weighted by Gasteiger charge is -2.30. The molecule has 110 valence electrons. The lowest BCUT2D eigenvalue weighted by Crippen LogP contribution is -2.46. The molecule has 0 unspecified atom stereocenters. The number of halogens is 1. The third kappa shape index (κ3) is 3.71. The molecule has 5 nitrogen and oxygen atoms in total. The molecule has 0 spiro atoms. The quantitative estimate of drug-likeness (QED) is 0.844. The standard InChI is InChI=1S/C13H16ClNO4S/c14-10-5-7-11(8-6-10)20(17,18)15-12-3-1-2-4-13(12)19-9-16/h5-9,12-13,15H,1-4H2/t12-,13-/m1/s1. The Labute approximate surface area is 123 Å². The van der Waals surface area contributed by atoms with Crippen molar-refractivity contribution >= 4 is 28.1 Å². The minimum absolute atomic E-state index is 0.150. The molecule has 0 saturated heterocycles. The maximum absolute atomic E-state index is 12.3. The van der Waals surface area contributed by atoms with Crippen LogP contribution in [0.4, 0.5) is 0 Å². The summed E-state index contributed by atoms with van der Waals surface area (Å²) in [7, 11) is -3.63. The summed E-state index contributed by atoms with van der Waals surface area (Å²) in [6, 6.07) is 5.56. The summed E-state index contributed by atoms with van der Waals surface area (Å²) in [5, 5.41) is 0.476. The molecule has 0 radical (unpaired) electrons. The third-order valence-electron chi connectivity index (χ3n) is 3.36.